The van der Waals surface area contributed by atoms with Crippen molar-refractivity contribution in [2.75, 3.05) is 0 Å². The summed E-state index contributed by atoms with van der Waals surface area (Å²) in [5, 5.41) is 2.87. The summed E-state index contributed by atoms with van der Waals surface area (Å²) in [4.78, 5) is 16.2. The number of nitrogens with one attached hydrogen (secondary N) is 1. The number of aromatic nitrogens is 1. The number of carbonyl (C=O) groups excluding carboxylic acids is 1. The van der Waals surface area contributed by atoms with Crippen LogP contribution in [0.25, 0.3) is 6.08 Å². The highest BCUT2D eigenvalue weighted by molar-refractivity contribution is 5.94. The smallest absolute Gasteiger partial charge is 0.251 e. The third-order valence-electron chi connectivity index (χ3n) is 3.09. The minimum Gasteiger partial charge on any atom is -0.346 e. The monoisotopic (exact) mass is 280 g/mol. The zero-order chi connectivity index (χ0) is 14.9. The molecule has 3 nitrogen and oxygen atoms in total. The molecule has 1 heterocycles. The number of carbonyl (C=O) groups is 1. The van der Waals surface area contributed by atoms with E-state index < -0.39 is 0 Å². The zero-order valence-electron chi connectivity index (χ0n) is 12.3. The van der Waals surface area contributed by atoms with E-state index in [0.717, 1.165) is 24.1 Å². The average molecular weight is 280 g/mol. The predicted molar refractivity (Wildman–Crippen MR) is 85.8 cm³/mol. The molecule has 0 aliphatic rings. The molecule has 21 heavy (non-hydrogen) atoms. The van der Waals surface area contributed by atoms with Crippen molar-refractivity contribution in [1.82, 2.24) is 10.3 Å². The normalized spacial score (nSPS) is 10.7. The number of amides is 1. The van der Waals surface area contributed by atoms with Crippen LogP contribution in [0.4, 0.5) is 0 Å². The van der Waals surface area contributed by atoms with Crippen molar-refractivity contribution in [3.8, 4) is 0 Å². The summed E-state index contributed by atoms with van der Waals surface area (Å²) in [5.74, 6) is -0.0789. The molecule has 1 aromatic heterocycles. The van der Waals surface area contributed by atoms with Crippen molar-refractivity contribution in [3.05, 3.63) is 71.6 Å². The van der Waals surface area contributed by atoms with Gasteiger partial charge in [0.1, 0.15) is 0 Å². The molecule has 0 spiro atoms. The highest BCUT2D eigenvalue weighted by Crippen LogP contribution is 2.07. The molecule has 1 amide bonds. The Morgan fingerprint density at radius 2 is 2.00 bits per heavy atom. The molecule has 108 valence electrons. The van der Waals surface area contributed by atoms with Crippen LogP contribution < -0.4 is 5.32 Å². The Morgan fingerprint density at radius 3 is 2.67 bits per heavy atom. The molecule has 2 aromatic rings. The molecule has 2 rings (SSSR count). The number of hydrogen-bond acceptors (Lipinski definition) is 2. The third kappa shape index (κ3) is 4.88. The van der Waals surface area contributed by atoms with E-state index in [4.69, 9.17) is 0 Å². The first kappa shape index (κ1) is 15.0. The second-order valence-electron chi connectivity index (χ2n) is 4.82. The topological polar surface area (TPSA) is 42.0 Å². The lowest BCUT2D eigenvalue weighted by Gasteiger charge is -2.05. The Balaban J connectivity index is 1.90. The predicted octanol–water partition coefficient (Wildman–Crippen LogP) is 3.82. The summed E-state index contributed by atoms with van der Waals surface area (Å²) in [5.41, 5.74) is 2.63. The maximum atomic E-state index is 12.0. The van der Waals surface area contributed by atoms with Gasteiger partial charge in [-0.1, -0.05) is 43.7 Å². The van der Waals surface area contributed by atoms with E-state index in [2.05, 4.69) is 29.4 Å². The van der Waals surface area contributed by atoms with Crippen LogP contribution in [0.15, 0.2) is 54.7 Å². The fourth-order valence-corrected chi connectivity index (χ4v) is 1.91. The number of benzene rings is 1. The van der Waals surface area contributed by atoms with E-state index >= 15 is 0 Å². The highest BCUT2D eigenvalue weighted by Gasteiger charge is 2.04. The lowest BCUT2D eigenvalue weighted by atomic mass is 10.1. The van der Waals surface area contributed by atoms with E-state index in [-0.39, 0.29) is 5.91 Å². The van der Waals surface area contributed by atoms with Gasteiger partial charge in [-0.2, -0.15) is 0 Å². The van der Waals surface area contributed by atoms with E-state index in [1.165, 1.54) is 0 Å². The van der Waals surface area contributed by atoms with Gasteiger partial charge in [-0.3, -0.25) is 9.78 Å². The van der Waals surface area contributed by atoms with Gasteiger partial charge < -0.3 is 5.32 Å². The van der Waals surface area contributed by atoms with E-state index in [0.29, 0.717) is 12.1 Å². The maximum absolute atomic E-state index is 12.0. The van der Waals surface area contributed by atoms with E-state index in [1.807, 2.05) is 42.5 Å². The van der Waals surface area contributed by atoms with Crippen LogP contribution in [0.2, 0.25) is 0 Å². The summed E-state index contributed by atoms with van der Waals surface area (Å²) >= 11 is 0. The Bertz CT molecular complexity index is 588. The number of rotatable bonds is 6. The molecule has 1 aromatic carbocycles. The minimum absolute atomic E-state index is 0.0789. The van der Waals surface area contributed by atoms with Gasteiger partial charge in [0, 0.05) is 11.8 Å². The van der Waals surface area contributed by atoms with Gasteiger partial charge in [0.2, 0.25) is 0 Å². The highest BCUT2D eigenvalue weighted by atomic mass is 16.1. The quantitative estimate of drug-likeness (QED) is 0.874. The third-order valence-corrected chi connectivity index (χ3v) is 3.09. The van der Waals surface area contributed by atoms with Crippen LogP contribution in [0.5, 0.6) is 0 Å². The molecule has 0 saturated carbocycles. The fourth-order valence-electron chi connectivity index (χ4n) is 1.91. The molecule has 0 aliphatic carbocycles. The van der Waals surface area contributed by atoms with Crippen molar-refractivity contribution >= 4 is 12.0 Å². The first-order valence-corrected chi connectivity index (χ1v) is 7.24. The van der Waals surface area contributed by atoms with E-state index in [9.17, 15) is 4.79 Å². The van der Waals surface area contributed by atoms with Crippen molar-refractivity contribution in [2.45, 2.75) is 26.3 Å². The lowest BCUT2D eigenvalue weighted by molar-refractivity contribution is 0.0950. The minimum atomic E-state index is -0.0789. The number of nitrogens with zero attached hydrogens (tertiary/aromatic N) is 1. The van der Waals surface area contributed by atoms with Crippen LogP contribution in [-0.2, 0) is 6.54 Å². The average Bonchev–Trinajstić information content (AvgIpc) is 2.54. The van der Waals surface area contributed by atoms with Crippen LogP contribution in [0.3, 0.4) is 0 Å². The summed E-state index contributed by atoms with van der Waals surface area (Å²) in [7, 11) is 0. The van der Waals surface area contributed by atoms with Crippen LogP contribution >= 0.6 is 0 Å². The second-order valence-corrected chi connectivity index (χ2v) is 4.82. The molecule has 0 saturated heterocycles. The molecular formula is C18H20N2O. The van der Waals surface area contributed by atoms with Gasteiger partial charge in [0.05, 0.1) is 12.2 Å². The Hall–Kier alpha value is -2.42. The molecule has 1 N–H and O–H groups in total. The SMILES string of the molecule is CCC/C=C/c1ccc(C(=O)NCc2ccccn2)cc1. The maximum Gasteiger partial charge on any atom is 0.251 e. The van der Waals surface area contributed by atoms with Gasteiger partial charge in [-0.05, 0) is 36.2 Å². The molecule has 0 bridgehead atoms. The molecule has 0 fully saturated rings. The van der Waals surface area contributed by atoms with Crippen molar-refractivity contribution in [2.24, 2.45) is 0 Å². The standard InChI is InChI=1S/C18H20N2O/c1-2-3-4-7-15-9-11-16(12-10-15)18(21)20-14-17-8-5-6-13-19-17/h4-13H,2-3,14H2,1H3,(H,20,21)/b7-4+. The Kier molecular flexibility index (Phi) is 5.71. The number of unbranched alkanes of at least 4 members (excludes halogenated alkanes) is 1. The number of hydrogen-bond donors (Lipinski definition) is 1. The summed E-state index contributed by atoms with van der Waals surface area (Å²) < 4.78 is 0. The lowest BCUT2D eigenvalue weighted by Crippen LogP contribution is -2.23. The molecular weight excluding hydrogens is 260 g/mol. The van der Waals surface area contributed by atoms with Crippen LogP contribution in [-0.4, -0.2) is 10.9 Å². The van der Waals surface area contributed by atoms with Crippen LogP contribution in [0.1, 0.15) is 41.4 Å². The van der Waals surface area contributed by atoms with Crippen molar-refractivity contribution in [1.29, 1.82) is 0 Å². The van der Waals surface area contributed by atoms with Gasteiger partial charge in [-0.25, -0.2) is 0 Å². The molecule has 0 unspecified atom stereocenters. The summed E-state index contributed by atoms with van der Waals surface area (Å²) in [6, 6.07) is 13.3. The summed E-state index contributed by atoms with van der Waals surface area (Å²) in [6.45, 7) is 2.59. The Morgan fingerprint density at radius 1 is 1.19 bits per heavy atom. The second kappa shape index (κ2) is 8.00. The van der Waals surface area contributed by atoms with Gasteiger partial charge >= 0.3 is 0 Å². The van der Waals surface area contributed by atoms with Crippen molar-refractivity contribution in [3.63, 3.8) is 0 Å². The number of allylic oxidation sites excluding steroid dienone is 1. The van der Waals surface area contributed by atoms with Crippen molar-refractivity contribution < 1.29 is 4.79 Å². The Labute approximate surface area is 125 Å². The summed E-state index contributed by atoms with van der Waals surface area (Å²) in [6.07, 6.45) is 8.17. The molecule has 0 aliphatic heterocycles. The van der Waals surface area contributed by atoms with E-state index in [1.54, 1.807) is 6.20 Å². The van der Waals surface area contributed by atoms with Crippen LogP contribution in [0, 0.1) is 0 Å². The first-order chi connectivity index (χ1) is 10.3. The first-order valence-electron chi connectivity index (χ1n) is 7.24. The fraction of sp³-hybridized carbons (Fsp3) is 0.222. The zero-order valence-corrected chi connectivity index (χ0v) is 12.3. The molecule has 0 atom stereocenters. The largest absolute Gasteiger partial charge is 0.346 e. The molecule has 3 heteroatoms. The van der Waals surface area contributed by atoms with Gasteiger partial charge in [-0.15, -0.1) is 0 Å². The van der Waals surface area contributed by atoms with Gasteiger partial charge in [0.15, 0.2) is 0 Å². The van der Waals surface area contributed by atoms with Gasteiger partial charge in [0.25, 0.3) is 5.91 Å². The number of pyridine rings is 1. The molecule has 0 radical (unpaired) electrons.